The number of benzene rings is 2. The van der Waals surface area contributed by atoms with Crippen molar-refractivity contribution in [1.29, 1.82) is 0 Å². The van der Waals surface area contributed by atoms with Gasteiger partial charge in [0.1, 0.15) is 6.04 Å². The Labute approximate surface area is 146 Å². The van der Waals surface area contributed by atoms with Gasteiger partial charge in [-0.2, -0.15) is 0 Å². The molecule has 2 atom stereocenters. The van der Waals surface area contributed by atoms with E-state index in [0.717, 1.165) is 35.1 Å². The number of likely N-dealkylation sites (tertiary alicyclic amines) is 1. The molecule has 1 aliphatic rings. The van der Waals surface area contributed by atoms with Crippen molar-refractivity contribution in [3.05, 3.63) is 78.0 Å². The highest BCUT2D eigenvalue weighted by Gasteiger charge is 2.37. The minimum Gasteiger partial charge on any atom is -0.480 e. The van der Waals surface area contributed by atoms with Crippen LogP contribution in [0.4, 0.5) is 0 Å². The van der Waals surface area contributed by atoms with Crippen molar-refractivity contribution in [2.24, 2.45) is 0 Å². The molecule has 0 aliphatic carbocycles. The van der Waals surface area contributed by atoms with Gasteiger partial charge in [0.15, 0.2) is 0 Å². The van der Waals surface area contributed by atoms with Crippen molar-refractivity contribution < 1.29 is 9.90 Å². The van der Waals surface area contributed by atoms with E-state index in [0.29, 0.717) is 6.42 Å². The number of carbonyl (C=O) groups is 1. The number of hydrogen-bond acceptors (Lipinski definition) is 3. The number of para-hydroxylation sites is 1. The van der Waals surface area contributed by atoms with Crippen LogP contribution in [0.2, 0.25) is 0 Å². The average Bonchev–Trinajstić information content (AvgIpc) is 3.12. The Balaban J connectivity index is 1.83. The van der Waals surface area contributed by atoms with E-state index in [2.05, 4.69) is 23.1 Å². The van der Waals surface area contributed by atoms with Gasteiger partial charge in [-0.05, 0) is 30.5 Å². The van der Waals surface area contributed by atoms with E-state index in [1.807, 2.05) is 48.5 Å². The molecule has 0 bridgehead atoms. The lowest BCUT2D eigenvalue weighted by atomic mass is 9.99. The van der Waals surface area contributed by atoms with Gasteiger partial charge in [-0.3, -0.25) is 14.7 Å². The first-order valence-corrected chi connectivity index (χ1v) is 8.63. The molecule has 3 aromatic rings. The van der Waals surface area contributed by atoms with Gasteiger partial charge in [0.25, 0.3) is 0 Å². The molecule has 4 heteroatoms. The molecule has 1 fully saturated rings. The molecular weight excluding hydrogens is 312 g/mol. The van der Waals surface area contributed by atoms with Gasteiger partial charge in [0.05, 0.1) is 17.3 Å². The second kappa shape index (κ2) is 6.65. The minimum absolute atomic E-state index is 0.144. The highest BCUT2D eigenvalue weighted by atomic mass is 16.4. The molecule has 4 rings (SSSR count). The molecule has 1 N–H and O–H groups in total. The van der Waals surface area contributed by atoms with Crippen LogP contribution in [0.25, 0.3) is 10.9 Å². The number of carboxylic acid groups (broad SMARTS) is 1. The third kappa shape index (κ3) is 3.01. The number of nitrogens with zero attached hydrogens (tertiary/aromatic N) is 2. The van der Waals surface area contributed by atoms with Crippen molar-refractivity contribution in [3.63, 3.8) is 0 Å². The zero-order valence-electron chi connectivity index (χ0n) is 13.9. The monoisotopic (exact) mass is 332 g/mol. The van der Waals surface area contributed by atoms with Gasteiger partial charge < -0.3 is 5.11 Å². The molecule has 25 heavy (non-hydrogen) atoms. The number of hydrogen-bond donors (Lipinski definition) is 1. The number of pyridine rings is 1. The molecule has 2 aromatic carbocycles. The first-order chi connectivity index (χ1) is 12.2. The fourth-order valence-corrected chi connectivity index (χ4v) is 3.76. The summed E-state index contributed by atoms with van der Waals surface area (Å²) in [6.07, 6.45) is 1.58. The SMILES string of the molecule is O=C(O)C1CCCN1C(c1ccccc1)c1ccc2ccccc2n1. The van der Waals surface area contributed by atoms with Gasteiger partial charge in [-0.1, -0.05) is 54.6 Å². The molecule has 1 saturated heterocycles. The average molecular weight is 332 g/mol. The summed E-state index contributed by atoms with van der Waals surface area (Å²) in [4.78, 5) is 18.7. The topological polar surface area (TPSA) is 53.4 Å². The van der Waals surface area contributed by atoms with Crippen LogP contribution >= 0.6 is 0 Å². The van der Waals surface area contributed by atoms with E-state index in [4.69, 9.17) is 4.98 Å². The molecule has 4 nitrogen and oxygen atoms in total. The van der Waals surface area contributed by atoms with Crippen LogP contribution in [0, 0.1) is 0 Å². The van der Waals surface area contributed by atoms with Crippen LogP contribution < -0.4 is 0 Å². The van der Waals surface area contributed by atoms with Gasteiger partial charge in [-0.25, -0.2) is 0 Å². The van der Waals surface area contributed by atoms with Crippen LogP contribution in [0.3, 0.4) is 0 Å². The van der Waals surface area contributed by atoms with Crippen LogP contribution in [-0.4, -0.2) is 33.5 Å². The summed E-state index contributed by atoms with van der Waals surface area (Å²) in [5.41, 5.74) is 2.92. The van der Waals surface area contributed by atoms with E-state index in [9.17, 15) is 9.90 Å². The lowest BCUT2D eigenvalue weighted by molar-refractivity contribution is -0.142. The van der Waals surface area contributed by atoms with E-state index < -0.39 is 12.0 Å². The third-order valence-corrected chi connectivity index (χ3v) is 4.93. The van der Waals surface area contributed by atoms with E-state index in [1.54, 1.807) is 0 Å². The lowest BCUT2D eigenvalue weighted by Gasteiger charge is -2.31. The second-order valence-electron chi connectivity index (χ2n) is 6.48. The van der Waals surface area contributed by atoms with Gasteiger partial charge in [0, 0.05) is 11.9 Å². The minimum atomic E-state index is -0.751. The molecular formula is C21H20N2O2. The number of fused-ring (bicyclic) bond motifs is 1. The van der Waals surface area contributed by atoms with Crippen LogP contribution in [0.15, 0.2) is 66.7 Å². The standard InChI is InChI=1S/C21H20N2O2/c24-21(25)19-11-6-14-23(19)20(16-8-2-1-3-9-16)18-13-12-15-7-4-5-10-17(15)22-18/h1-5,7-10,12-13,19-20H,6,11,14H2,(H,24,25). The zero-order chi connectivity index (χ0) is 17.2. The van der Waals surface area contributed by atoms with E-state index in [1.165, 1.54) is 0 Å². The molecule has 2 unspecified atom stereocenters. The van der Waals surface area contributed by atoms with Gasteiger partial charge >= 0.3 is 5.97 Å². The Morgan fingerprint density at radius 2 is 1.80 bits per heavy atom. The number of aromatic nitrogens is 1. The summed E-state index contributed by atoms with van der Waals surface area (Å²) < 4.78 is 0. The van der Waals surface area contributed by atoms with E-state index in [-0.39, 0.29) is 6.04 Å². The van der Waals surface area contributed by atoms with Gasteiger partial charge in [-0.15, -0.1) is 0 Å². The fourth-order valence-electron chi connectivity index (χ4n) is 3.76. The smallest absolute Gasteiger partial charge is 0.320 e. The van der Waals surface area contributed by atoms with Crippen molar-refractivity contribution >= 4 is 16.9 Å². The van der Waals surface area contributed by atoms with Crippen molar-refractivity contribution in [1.82, 2.24) is 9.88 Å². The van der Waals surface area contributed by atoms with Crippen LogP contribution in [0.1, 0.15) is 30.1 Å². The molecule has 0 radical (unpaired) electrons. The maximum atomic E-state index is 11.7. The van der Waals surface area contributed by atoms with Gasteiger partial charge in [0.2, 0.25) is 0 Å². The van der Waals surface area contributed by atoms with Crippen LogP contribution in [-0.2, 0) is 4.79 Å². The summed E-state index contributed by atoms with van der Waals surface area (Å²) in [5.74, 6) is -0.751. The van der Waals surface area contributed by atoms with Crippen LogP contribution in [0.5, 0.6) is 0 Å². The maximum Gasteiger partial charge on any atom is 0.320 e. The molecule has 0 spiro atoms. The first-order valence-electron chi connectivity index (χ1n) is 8.63. The molecule has 126 valence electrons. The summed E-state index contributed by atoms with van der Waals surface area (Å²) >= 11 is 0. The summed E-state index contributed by atoms with van der Waals surface area (Å²) in [7, 11) is 0. The largest absolute Gasteiger partial charge is 0.480 e. The Bertz CT molecular complexity index is 895. The zero-order valence-corrected chi connectivity index (χ0v) is 13.9. The van der Waals surface area contributed by atoms with Crippen molar-refractivity contribution in [2.45, 2.75) is 24.9 Å². The predicted octanol–water partition coefficient (Wildman–Crippen LogP) is 3.87. The van der Waals surface area contributed by atoms with Crippen molar-refractivity contribution in [3.8, 4) is 0 Å². The Hall–Kier alpha value is -2.72. The third-order valence-electron chi connectivity index (χ3n) is 4.93. The molecule has 2 heterocycles. The number of aliphatic carboxylic acids is 1. The van der Waals surface area contributed by atoms with E-state index >= 15 is 0 Å². The first kappa shape index (κ1) is 15.8. The molecule has 0 amide bonds. The number of carboxylic acids is 1. The quantitative estimate of drug-likeness (QED) is 0.788. The highest BCUT2D eigenvalue weighted by molar-refractivity contribution is 5.78. The number of rotatable bonds is 4. The molecule has 1 aromatic heterocycles. The lowest BCUT2D eigenvalue weighted by Crippen LogP contribution is -2.39. The Kier molecular flexibility index (Phi) is 4.20. The molecule has 1 aliphatic heterocycles. The van der Waals surface area contributed by atoms with Crippen molar-refractivity contribution in [2.75, 3.05) is 6.54 Å². The summed E-state index contributed by atoms with van der Waals surface area (Å²) in [6.45, 7) is 0.769. The Morgan fingerprint density at radius 1 is 1.04 bits per heavy atom. The highest BCUT2D eigenvalue weighted by Crippen LogP contribution is 2.34. The normalized spacial score (nSPS) is 19.1. The second-order valence-corrected chi connectivity index (χ2v) is 6.48. The maximum absolute atomic E-state index is 11.7. The fraction of sp³-hybridized carbons (Fsp3) is 0.238. The predicted molar refractivity (Wildman–Crippen MR) is 97.4 cm³/mol. The summed E-state index contributed by atoms with van der Waals surface area (Å²) in [5, 5.41) is 10.7. The summed E-state index contributed by atoms with van der Waals surface area (Å²) in [6, 6.07) is 21.6. The Morgan fingerprint density at radius 3 is 2.60 bits per heavy atom. The molecule has 0 saturated carbocycles.